The van der Waals surface area contributed by atoms with E-state index in [1.54, 1.807) is 0 Å². The number of aliphatic hydroxyl groups is 6. The minimum Gasteiger partial charge on any atom is -0.394 e. The molecule has 0 saturated carbocycles. The van der Waals surface area contributed by atoms with E-state index >= 15 is 0 Å². The number of amides is 1. The van der Waals surface area contributed by atoms with Crippen molar-refractivity contribution in [3.8, 4) is 0 Å². The molecule has 114 valence electrons. The second-order valence-corrected chi connectivity index (χ2v) is 4.10. The molecular weight excluding hydrogens is 260 g/mol. The van der Waals surface area contributed by atoms with Gasteiger partial charge in [0.2, 0.25) is 0 Å². The fourth-order valence-corrected chi connectivity index (χ4v) is 1.30. The quantitative estimate of drug-likeness (QED) is 0.194. The van der Waals surface area contributed by atoms with E-state index in [1.165, 1.54) is 0 Å². The van der Waals surface area contributed by atoms with E-state index in [0.717, 1.165) is 0 Å². The molecule has 19 heavy (non-hydrogen) atoms. The van der Waals surface area contributed by atoms with Gasteiger partial charge in [-0.1, -0.05) is 0 Å². The van der Waals surface area contributed by atoms with Crippen LogP contribution in [0.4, 0.5) is 0 Å². The van der Waals surface area contributed by atoms with Crippen LogP contribution in [0.25, 0.3) is 0 Å². The lowest BCUT2D eigenvalue weighted by atomic mass is 9.99. The van der Waals surface area contributed by atoms with Crippen molar-refractivity contribution in [3.05, 3.63) is 0 Å². The van der Waals surface area contributed by atoms with E-state index in [2.05, 4.69) is 5.32 Å². The Labute approximate surface area is 110 Å². The Morgan fingerprint density at radius 1 is 1.05 bits per heavy atom. The van der Waals surface area contributed by atoms with Gasteiger partial charge in [-0.25, -0.2) is 0 Å². The van der Waals surface area contributed by atoms with E-state index in [0.29, 0.717) is 13.0 Å². The van der Waals surface area contributed by atoms with Crippen LogP contribution in [0.15, 0.2) is 0 Å². The molecule has 0 aromatic carbocycles. The summed E-state index contributed by atoms with van der Waals surface area (Å²) in [6.07, 6.45) is -9.09. The smallest absolute Gasteiger partial charge is 0.251 e. The van der Waals surface area contributed by atoms with E-state index in [9.17, 15) is 25.2 Å². The first-order valence-electron chi connectivity index (χ1n) is 5.85. The number of aliphatic hydroxyl groups excluding tert-OH is 6. The molecule has 0 aromatic heterocycles. The van der Waals surface area contributed by atoms with Gasteiger partial charge in [-0.15, -0.1) is 0 Å². The molecule has 0 rings (SSSR count). The Morgan fingerprint density at radius 2 is 1.63 bits per heavy atom. The van der Waals surface area contributed by atoms with Crippen LogP contribution in [0.3, 0.4) is 0 Å². The highest BCUT2D eigenvalue weighted by Crippen LogP contribution is 2.08. The average Bonchev–Trinajstić information content (AvgIpc) is 2.43. The first-order valence-corrected chi connectivity index (χ1v) is 5.85. The maximum absolute atomic E-state index is 11.4. The number of hydrogen-bond acceptors (Lipinski definition) is 8. The Morgan fingerprint density at radius 3 is 2.11 bits per heavy atom. The van der Waals surface area contributed by atoms with Gasteiger partial charge in [-0.05, 0) is 13.0 Å². The minimum atomic E-state index is -2.01. The maximum atomic E-state index is 11.4. The SMILES string of the molecule is NCCCNC(=O)[C@H](O)[C@H](O)[C@H](O)[C@@H](O)[C@H](O)CO. The van der Waals surface area contributed by atoms with Crippen molar-refractivity contribution in [2.75, 3.05) is 19.7 Å². The molecule has 9 N–H and O–H groups in total. The number of carbonyl (C=O) groups is 1. The van der Waals surface area contributed by atoms with Gasteiger partial charge in [0, 0.05) is 6.54 Å². The number of rotatable bonds is 9. The van der Waals surface area contributed by atoms with Crippen molar-refractivity contribution in [2.24, 2.45) is 5.73 Å². The van der Waals surface area contributed by atoms with Gasteiger partial charge in [0.05, 0.1) is 6.61 Å². The van der Waals surface area contributed by atoms with Crippen LogP contribution < -0.4 is 11.1 Å². The number of carbonyl (C=O) groups excluding carboxylic acids is 1. The molecule has 0 saturated heterocycles. The van der Waals surface area contributed by atoms with Gasteiger partial charge in [0.15, 0.2) is 6.10 Å². The van der Waals surface area contributed by atoms with Gasteiger partial charge in [-0.3, -0.25) is 4.79 Å². The standard InChI is InChI=1S/C10H22N2O7/c11-2-1-3-12-10(19)9(18)8(17)7(16)6(15)5(14)4-13/h5-9,13-18H,1-4,11H2,(H,12,19)/t5-,6+,7-,8-,9-/m1/s1. The first kappa shape index (κ1) is 18.2. The summed E-state index contributed by atoms with van der Waals surface area (Å²) in [7, 11) is 0. The van der Waals surface area contributed by atoms with Crippen LogP contribution in [0, 0.1) is 0 Å². The molecule has 5 atom stereocenters. The summed E-state index contributed by atoms with van der Waals surface area (Å²) in [6, 6.07) is 0. The van der Waals surface area contributed by atoms with E-state index in [4.69, 9.17) is 15.9 Å². The van der Waals surface area contributed by atoms with E-state index < -0.39 is 43.0 Å². The maximum Gasteiger partial charge on any atom is 0.251 e. The average molecular weight is 282 g/mol. The van der Waals surface area contributed by atoms with Crippen molar-refractivity contribution in [1.82, 2.24) is 5.32 Å². The first-order chi connectivity index (χ1) is 8.86. The summed E-state index contributed by atoms with van der Waals surface area (Å²) in [6.45, 7) is -0.316. The third-order valence-corrected chi connectivity index (χ3v) is 2.55. The summed E-state index contributed by atoms with van der Waals surface area (Å²) < 4.78 is 0. The molecule has 1 amide bonds. The second-order valence-electron chi connectivity index (χ2n) is 4.10. The molecule has 0 aliphatic heterocycles. The number of nitrogens with two attached hydrogens (primary N) is 1. The fourth-order valence-electron chi connectivity index (χ4n) is 1.30. The van der Waals surface area contributed by atoms with E-state index in [1.807, 2.05) is 0 Å². The Kier molecular flexibility index (Phi) is 8.76. The predicted molar refractivity (Wildman–Crippen MR) is 63.8 cm³/mol. The second kappa shape index (κ2) is 9.15. The lowest BCUT2D eigenvalue weighted by Crippen LogP contribution is -2.54. The molecule has 9 nitrogen and oxygen atoms in total. The molecule has 0 radical (unpaired) electrons. The van der Waals surface area contributed by atoms with Crippen molar-refractivity contribution >= 4 is 5.91 Å². The van der Waals surface area contributed by atoms with Gasteiger partial charge in [0.1, 0.15) is 24.4 Å². The van der Waals surface area contributed by atoms with Crippen LogP contribution in [0.1, 0.15) is 6.42 Å². The van der Waals surface area contributed by atoms with Crippen molar-refractivity contribution in [2.45, 2.75) is 36.9 Å². The largest absolute Gasteiger partial charge is 0.394 e. The van der Waals surface area contributed by atoms with Crippen LogP contribution in [-0.4, -0.2) is 86.8 Å². The lowest BCUT2D eigenvalue weighted by Gasteiger charge is -2.27. The van der Waals surface area contributed by atoms with Crippen molar-refractivity contribution < 1.29 is 35.4 Å². The third kappa shape index (κ3) is 5.78. The Balaban J connectivity index is 4.37. The molecule has 0 fully saturated rings. The minimum absolute atomic E-state index is 0.191. The van der Waals surface area contributed by atoms with Crippen LogP contribution in [0.2, 0.25) is 0 Å². The Bertz CT molecular complexity index is 266. The molecule has 0 unspecified atom stereocenters. The Hall–Kier alpha value is -0.810. The topological polar surface area (TPSA) is 176 Å². The predicted octanol–water partition coefficient (Wildman–Crippen LogP) is -4.75. The molecular formula is C10H22N2O7. The van der Waals surface area contributed by atoms with Gasteiger partial charge in [0.25, 0.3) is 5.91 Å². The molecule has 0 aromatic rings. The van der Waals surface area contributed by atoms with Crippen molar-refractivity contribution in [1.29, 1.82) is 0 Å². The molecule has 0 bridgehead atoms. The van der Waals surface area contributed by atoms with Crippen LogP contribution in [0.5, 0.6) is 0 Å². The molecule has 0 heterocycles. The van der Waals surface area contributed by atoms with E-state index in [-0.39, 0.29) is 6.54 Å². The summed E-state index contributed by atoms with van der Waals surface area (Å²) in [5.41, 5.74) is 5.20. The molecule has 0 spiro atoms. The lowest BCUT2D eigenvalue weighted by molar-refractivity contribution is -0.156. The highest BCUT2D eigenvalue weighted by atomic mass is 16.4. The summed E-state index contributed by atoms with van der Waals surface area (Å²) in [5.74, 6) is -0.939. The van der Waals surface area contributed by atoms with Gasteiger partial charge < -0.3 is 41.7 Å². The zero-order chi connectivity index (χ0) is 15.0. The molecule has 0 aliphatic rings. The number of hydrogen-bond donors (Lipinski definition) is 8. The summed E-state index contributed by atoms with van der Waals surface area (Å²) >= 11 is 0. The normalized spacial score (nSPS) is 19.3. The highest BCUT2D eigenvalue weighted by molar-refractivity contribution is 5.81. The summed E-state index contributed by atoms with van der Waals surface area (Å²) in [4.78, 5) is 11.4. The fraction of sp³-hybridized carbons (Fsp3) is 0.900. The zero-order valence-electron chi connectivity index (χ0n) is 10.4. The third-order valence-electron chi connectivity index (χ3n) is 2.55. The van der Waals surface area contributed by atoms with Gasteiger partial charge >= 0.3 is 0 Å². The molecule has 0 aliphatic carbocycles. The number of nitrogens with one attached hydrogen (secondary N) is 1. The summed E-state index contributed by atoms with van der Waals surface area (Å²) in [5, 5.41) is 57.6. The molecule has 9 heteroatoms. The highest BCUT2D eigenvalue weighted by Gasteiger charge is 2.36. The van der Waals surface area contributed by atoms with Crippen LogP contribution >= 0.6 is 0 Å². The monoisotopic (exact) mass is 282 g/mol. The van der Waals surface area contributed by atoms with Crippen LogP contribution in [-0.2, 0) is 4.79 Å². The van der Waals surface area contributed by atoms with Gasteiger partial charge in [-0.2, -0.15) is 0 Å². The van der Waals surface area contributed by atoms with Crippen molar-refractivity contribution in [3.63, 3.8) is 0 Å². The zero-order valence-corrected chi connectivity index (χ0v) is 10.4.